The number of aryl methyl sites for hydroxylation is 1. The van der Waals surface area contributed by atoms with E-state index in [1.165, 1.54) is 0 Å². The summed E-state index contributed by atoms with van der Waals surface area (Å²) in [5, 5.41) is 10.6. The standard InChI is InChI=1S/C12H13N3O4S2/c1-2-8-4-3-5-9(6-8)14-21(18,19)11-7-10(15(16)17)12(13)20-11/h3-7,14H,2,13H2,1H3. The van der Waals surface area contributed by atoms with Crippen molar-refractivity contribution in [1.29, 1.82) is 0 Å². The third-order valence-corrected chi connectivity index (χ3v) is 5.57. The zero-order chi connectivity index (χ0) is 15.6. The summed E-state index contributed by atoms with van der Waals surface area (Å²) in [6.45, 7) is 1.96. The summed E-state index contributed by atoms with van der Waals surface area (Å²) in [5.41, 5.74) is 6.45. The minimum atomic E-state index is -3.89. The second kappa shape index (κ2) is 5.70. The van der Waals surface area contributed by atoms with Gasteiger partial charge in [0.05, 0.1) is 4.92 Å². The fraction of sp³-hybridized carbons (Fsp3) is 0.167. The number of anilines is 2. The molecular weight excluding hydrogens is 314 g/mol. The summed E-state index contributed by atoms with van der Waals surface area (Å²) in [6, 6.07) is 7.91. The van der Waals surface area contributed by atoms with Crippen LogP contribution in [-0.2, 0) is 16.4 Å². The first kappa shape index (κ1) is 15.3. The number of nitro groups is 1. The molecule has 2 aromatic rings. The van der Waals surface area contributed by atoms with Gasteiger partial charge in [0.1, 0.15) is 4.21 Å². The van der Waals surface area contributed by atoms with Gasteiger partial charge in [-0.15, -0.1) is 0 Å². The summed E-state index contributed by atoms with van der Waals surface area (Å²) in [6.07, 6.45) is 0.771. The van der Waals surface area contributed by atoms with Crippen molar-refractivity contribution in [2.24, 2.45) is 0 Å². The summed E-state index contributed by atoms with van der Waals surface area (Å²) < 4.78 is 26.6. The van der Waals surface area contributed by atoms with E-state index in [0.717, 1.165) is 18.1 Å². The van der Waals surface area contributed by atoms with Crippen molar-refractivity contribution >= 4 is 37.7 Å². The molecule has 0 unspecified atom stereocenters. The van der Waals surface area contributed by atoms with Crippen LogP contribution in [0, 0.1) is 10.1 Å². The number of nitrogen functional groups attached to an aromatic ring is 1. The van der Waals surface area contributed by atoms with Gasteiger partial charge in [-0.1, -0.05) is 30.4 Å². The number of rotatable bonds is 5. The van der Waals surface area contributed by atoms with E-state index in [4.69, 9.17) is 5.73 Å². The maximum absolute atomic E-state index is 12.2. The van der Waals surface area contributed by atoms with E-state index in [1.54, 1.807) is 18.2 Å². The molecule has 7 nitrogen and oxygen atoms in total. The highest BCUT2D eigenvalue weighted by molar-refractivity contribution is 7.94. The Morgan fingerprint density at radius 2 is 2.10 bits per heavy atom. The van der Waals surface area contributed by atoms with Crippen LogP contribution in [0.25, 0.3) is 0 Å². The number of nitrogens with two attached hydrogens (primary N) is 1. The Hall–Kier alpha value is -2.13. The number of sulfonamides is 1. The molecule has 0 bridgehead atoms. The van der Waals surface area contributed by atoms with Gasteiger partial charge in [-0.25, -0.2) is 8.42 Å². The Morgan fingerprint density at radius 3 is 2.67 bits per heavy atom. The van der Waals surface area contributed by atoms with Crippen molar-refractivity contribution in [2.75, 3.05) is 10.5 Å². The van der Waals surface area contributed by atoms with Gasteiger partial charge < -0.3 is 5.73 Å². The van der Waals surface area contributed by atoms with Crippen LogP contribution >= 0.6 is 11.3 Å². The van der Waals surface area contributed by atoms with Crippen molar-refractivity contribution in [3.8, 4) is 0 Å². The molecule has 0 atom stereocenters. The molecule has 0 saturated carbocycles. The second-order valence-corrected chi connectivity index (χ2v) is 7.22. The Balaban J connectivity index is 2.34. The van der Waals surface area contributed by atoms with Crippen molar-refractivity contribution in [1.82, 2.24) is 0 Å². The summed E-state index contributed by atoms with van der Waals surface area (Å²) in [4.78, 5) is 10.0. The molecule has 0 fully saturated rings. The van der Waals surface area contributed by atoms with Gasteiger partial charge >= 0.3 is 5.69 Å². The number of nitrogens with zero attached hydrogens (tertiary/aromatic N) is 1. The summed E-state index contributed by atoms with van der Waals surface area (Å²) in [7, 11) is -3.89. The van der Waals surface area contributed by atoms with E-state index in [2.05, 4.69) is 4.72 Å². The van der Waals surface area contributed by atoms with E-state index < -0.39 is 20.6 Å². The largest absolute Gasteiger partial charge is 0.385 e. The third-order valence-electron chi connectivity index (χ3n) is 2.77. The van der Waals surface area contributed by atoms with Crippen LogP contribution in [0.2, 0.25) is 0 Å². The van der Waals surface area contributed by atoms with Gasteiger partial charge in [0.2, 0.25) is 0 Å². The molecule has 0 spiro atoms. The molecule has 1 aromatic heterocycles. The molecule has 112 valence electrons. The van der Waals surface area contributed by atoms with E-state index >= 15 is 0 Å². The predicted octanol–water partition coefficient (Wildman–Crippen LogP) is 2.60. The monoisotopic (exact) mass is 327 g/mol. The zero-order valence-corrected chi connectivity index (χ0v) is 12.7. The second-order valence-electron chi connectivity index (χ2n) is 4.23. The fourth-order valence-corrected chi connectivity index (χ4v) is 3.97. The number of nitrogens with one attached hydrogen (secondary N) is 1. The van der Waals surface area contributed by atoms with Crippen LogP contribution < -0.4 is 10.5 Å². The first-order valence-electron chi connectivity index (χ1n) is 5.99. The van der Waals surface area contributed by atoms with E-state index in [-0.39, 0.29) is 9.21 Å². The molecule has 0 radical (unpaired) electrons. The normalized spacial score (nSPS) is 11.3. The van der Waals surface area contributed by atoms with Gasteiger partial charge in [0.25, 0.3) is 10.0 Å². The molecule has 0 amide bonds. The van der Waals surface area contributed by atoms with Crippen molar-refractivity contribution in [3.05, 3.63) is 46.0 Å². The summed E-state index contributed by atoms with van der Waals surface area (Å²) in [5.74, 6) is 0. The molecule has 1 aromatic carbocycles. The van der Waals surface area contributed by atoms with Crippen molar-refractivity contribution in [2.45, 2.75) is 17.6 Å². The Bertz CT molecular complexity index is 784. The highest BCUT2D eigenvalue weighted by atomic mass is 32.2. The Kier molecular flexibility index (Phi) is 4.14. The van der Waals surface area contributed by atoms with E-state index in [0.29, 0.717) is 17.0 Å². The van der Waals surface area contributed by atoms with Crippen molar-refractivity contribution < 1.29 is 13.3 Å². The van der Waals surface area contributed by atoms with E-state index in [1.807, 2.05) is 13.0 Å². The molecule has 2 rings (SSSR count). The van der Waals surface area contributed by atoms with Gasteiger partial charge in [-0.05, 0) is 24.1 Å². The number of thiophene rings is 1. The lowest BCUT2D eigenvalue weighted by molar-refractivity contribution is -0.383. The van der Waals surface area contributed by atoms with Crippen LogP contribution in [0.4, 0.5) is 16.4 Å². The Morgan fingerprint density at radius 1 is 1.38 bits per heavy atom. The van der Waals surface area contributed by atoms with Crippen LogP contribution in [0.5, 0.6) is 0 Å². The average Bonchev–Trinajstić information content (AvgIpc) is 2.81. The fourth-order valence-electron chi connectivity index (χ4n) is 1.71. The lowest BCUT2D eigenvalue weighted by Crippen LogP contribution is -2.11. The third kappa shape index (κ3) is 3.31. The number of benzene rings is 1. The van der Waals surface area contributed by atoms with Crippen molar-refractivity contribution in [3.63, 3.8) is 0 Å². The molecule has 0 saturated heterocycles. The zero-order valence-electron chi connectivity index (χ0n) is 11.1. The van der Waals surface area contributed by atoms with Gasteiger partial charge in [0, 0.05) is 11.8 Å². The maximum atomic E-state index is 12.2. The van der Waals surface area contributed by atoms with Gasteiger partial charge in [-0.3, -0.25) is 14.8 Å². The van der Waals surface area contributed by atoms with Crippen LogP contribution in [0.15, 0.2) is 34.5 Å². The average molecular weight is 327 g/mol. The minimum absolute atomic E-state index is 0.136. The van der Waals surface area contributed by atoms with Crippen LogP contribution in [0.1, 0.15) is 12.5 Å². The quantitative estimate of drug-likeness (QED) is 0.647. The smallest absolute Gasteiger partial charge is 0.304 e. The Labute approximate surface area is 125 Å². The van der Waals surface area contributed by atoms with Gasteiger partial charge in [-0.2, -0.15) is 0 Å². The molecular formula is C12H13N3O4S2. The molecule has 1 heterocycles. The highest BCUT2D eigenvalue weighted by Gasteiger charge is 2.24. The first-order valence-corrected chi connectivity index (χ1v) is 8.29. The lowest BCUT2D eigenvalue weighted by Gasteiger charge is -2.07. The lowest BCUT2D eigenvalue weighted by atomic mass is 10.1. The minimum Gasteiger partial charge on any atom is -0.385 e. The molecule has 0 aliphatic carbocycles. The van der Waals surface area contributed by atoms with Crippen LogP contribution in [-0.4, -0.2) is 13.3 Å². The molecule has 0 aliphatic rings. The molecule has 21 heavy (non-hydrogen) atoms. The topological polar surface area (TPSA) is 115 Å². The molecule has 3 N–H and O–H groups in total. The number of hydrogen-bond acceptors (Lipinski definition) is 6. The predicted molar refractivity (Wildman–Crippen MR) is 82.0 cm³/mol. The van der Waals surface area contributed by atoms with E-state index in [9.17, 15) is 18.5 Å². The SMILES string of the molecule is CCc1cccc(NS(=O)(=O)c2cc([N+](=O)[O-])c(N)s2)c1. The molecule has 0 aliphatic heterocycles. The summed E-state index contributed by atoms with van der Waals surface area (Å²) >= 11 is 0.664. The first-order chi connectivity index (χ1) is 9.83. The number of hydrogen-bond donors (Lipinski definition) is 2. The molecule has 9 heteroatoms. The van der Waals surface area contributed by atoms with Gasteiger partial charge in [0.15, 0.2) is 5.00 Å². The highest BCUT2D eigenvalue weighted by Crippen LogP contribution is 2.35. The maximum Gasteiger partial charge on any atom is 0.304 e. The van der Waals surface area contributed by atoms with Crippen LogP contribution in [0.3, 0.4) is 0 Å².